The Balaban J connectivity index is 1.58. The topological polar surface area (TPSA) is 58.2 Å². The van der Waals surface area contributed by atoms with Gasteiger partial charge >= 0.3 is 0 Å². The number of aromatic amines is 1. The van der Waals surface area contributed by atoms with E-state index in [0.717, 1.165) is 31.2 Å². The average Bonchev–Trinajstić information content (AvgIpc) is 3.18. The predicted octanol–water partition coefficient (Wildman–Crippen LogP) is 4.43. The second-order valence-corrected chi connectivity index (χ2v) is 8.16. The van der Waals surface area contributed by atoms with Gasteiger partial charge in [-0.15, -0.1) is 11.3 Å². The number of hydrogen-bond acceptors (Lipinski definition) is 5. The smallest absolute Gasteiger partial charge is 0.233 e. The predicted molar refractivity (Wildman–Crippen MR) is 104 cm³/mol. The molecule has 0 spiro atoms. The van der Waals surface area contributed by atoms with Crippen LogP contribution in [0.5, 0.6) is 5.75 Å². The highest BCUT2D eigenvalue weighted by Crippen LogP contribution is 2.25. The van der Waals surface area contributed by atoms with E-state index in [9.17, 15) is 4.79 Å². The lowest BCUT2D eigenvalue weighted by molar-refractivity contribution is -0.127. The van der Waals surface area contributed by atoms with Gasteiger partial charge in [0.25, 0.3) is 0 Å². The molecule has 0 aliphatic carbocycles. The maximum absolute atomic E-state index is 12.3. The molecule has 0 unspecified atom stereocenters. The van der Waals surface area contributed by atoms with Gasteiger partial charge in [0.05, 0.1) is 34.3 Å². The Morgan fingerprint density at radius 1 is 1.40 bits per heavy atom. The zero-order valence-electron chi connectivity index (χ0n) is 13.9. The maximum Gasteiger partial charge on any atom is 0.233 e. The lowest BCUT2D eigenvalue weighted by Gasteiger charge is -2.15. The van der Waals surface area contributed by atoms with E-state index in [2.05, 4.69) is 9.97 Å². The first-order valence-electron chi connectivity index (χ1n) is 7.78. The minimum atomic E-state index is 0.0463. The lowest BCUT2D eigenvalue weighted by Crippen LogP contribution is -2.27. The Labute approximate surface area is 159 Å². The number of aromatic nitrogens is 2. The van der Waals surface area contributed by atoms with Gasteiger partial charge in [-0.1, -0.05) is 23.4 Å². The van der Waals surface area contributed by atoms with Gasteiger partial charge in [0.1, 0.15) is 5.75 Å². The van der Waals surface area contributed by atoms with Gasteiger partial charge in [-0.2, -0.15) is 0 Å². The molecule has 3 aromatic rings. The van der Waals surface area contributed by atoms with Gasteiger partial charge < -0.3 is 14.6 Å². The highest BCUT2D eigenvalue weighted by atomic mass is 35.5. The minimum absolute atomic E-state index is 0.0463. The molecule has 0 bridgehead atoms. The second kappa shape index (κ2) is 8.12. The van der Waals surface area contributed by atoms with Gasteiger partial charge in [-0.25, -0.2) is 4.98 Å². The van der Waals surface area contributed by atoms with Crippen LogP contribution in [0.15, 0.2) is 35.5 Å². The SMILES string of the molecule is CCOc1ccc2nc(SCC(=O)N(C)Cc3ccc(Cl)s3)[nH]c2c1. The van der Waals surface area contributed by atoms with E-state index in [1.807, 2.05) is 37.3 Å². The summed E-state index contributed by atoms with van der Waals surface area (Å²) in [6.07, 6.45) is 0. The van der Waals surface area contributed by atoms with E-state index in [1.54, 1.807) is 11.9 Å². The summed E-state index contributed by atoms with van der Waals surface area (Å²) in [5, 5.41) is 0.726. The van der Waals surface area contributed by atoms with Crippen molar-refractivity contribution >= 4 is 51.6 Å². The number of imidazole rings is 1. The molecule has 1 amide bonds. The van der Waals surface area contributed by atoms with Crippen LogP contribution in [0.25, 0.3) is 11.0 Å². The molecule has 0 radical (unpaired) electrons. The molecule has 0 aliphatic rings. The third kappa shape index (κ3) is 4.68. The van der Waals surface area contributed by atoms with Crippen molar-refractivity contribution in [3.8, 4) is 5.75 Å². The summed E-state index contributed by atoms with van der Waals surface area (Å²) in [6, 6.07) is 9.52. The first-order chi connectivity index (χ1) is 12.0. The van der Waals surface area contributed by atoms with Crippen molar-refractivity contribution in [3.63, 3.8) is 0 Å². The van der Waals surface area contributed by atoms with E-state index in [0.29, 0.717) is 18.9 Å². The molecule has 8 heteroatoms. The summed E-state index contributed by atoms with van der Waals surface area (Å²) < 4.78 is 6.22. The summed E-state index contributed by atoms with van der Waals surface area (Å²) in [5.41, 5.74) is 1.77. The van der Waals surface area contributed by atoms with Gasteiger partial charge in [0, 0.05) is 18.0 Å². The number of carbonyl (C=O) groups excluding carboxylic acids is 1. The summed E-state index contributed by atoms with van der Waals surface area (Å²) in [6.45, 7) is 3.14. The lowest BCUT2D eigenvalue weighted by atomic mass is 10.3. The Hall–Kier alpha value is -1.70. The fourth-order valence-corrected chi connectivity index (χ4v) is 4.26. The number of halogens is 1. The molecule has 2 aromatic heterocycles. The highest BCUT2D eigenvalue weighted by molar-refractivity contribution is 7.99. The number of nitrogens with one attached hydrogen (secondary N) is 1. The number of carbonyl (C=O) groups is 1. The van der Waals surface area contributed by atoms with E-state index in [4.69, 9.17) is 16.3 Å². The fourth-order valence-electron chi connectivity index (χ4n) is 2.29. The summed E-state index contributed by atoms with van der Waals surface area (Å²) in [4.78, 5) is 22.8. The summed E-state index contributed by atoms with van der Waals surface area (Å²) >= 11 is 8.81. The van der Waals surface area contributed by atoms with Crippen molar-refractivity contribution < 1.29 is 9.53 Å². The third-order valence-electron chi connectivity index (χ3n) is 3.52. The van der Waals surface area contributed by atoms with Crippen LogP contribution in [0.2, 0.25) is 4.34 Å². The molecule has 1 aromatic carbocycles. The first kappa shape index (κ1) is 18.1. The molecule has 0 saturated carbocycles. The number of H-pyrrole nitrogens is 1. The van der Waals surface area contributed by atoms with Crippen LogP contribution in [-0.2, 0) is 11.3 Å². The monoisotopic (exact) mass is 395 g/mol. The van der Waals surface area contributed by atoms with E-state index in [1.165, 1.54) is 23.1 Å². The number of fused-ring (bicyclic) bond motifs is 1. The molecule has 0 atom stereocenters. The van der Waals surface area contributed by atoms with E-state index >= 15 is 0 Å². The maximum atomic E-state index is 12.3. The Morgan fingerprint density at radius 2 is 2.24 bits per heavy atom. The number of thiophene rings is 1. The quantitative estimate of drug-likeness (QED) is 0.601. The normalized spacial score (nSPS) is 11.0. The number of ether oxygens (including phenoxy) is 1. The first-order valence-corrected chi connectivity index (χ1v) is 9.96. The molecule has 2 heterocycles. The van der Waals surface area contributed by atoms with Crippen molar-refractivity contribution in [2.24, 2.45) is 0 Å². The van der Waals surface area contributed by atoms with Crippen LogP contribution in [0, 0.1) is 0 Å². The highest BCUT2D eigenvalue weighted by Gasteiger charge is 2.13. The number of benzene rings is 1. The summed E-state index contributed by atoms with van der Waals surface area (Å²) in [7, 11) is 1.80. The van der Waals surface area contributed by atoms with Crippen molar-refractivity contribution in [1.82, 2.24) is 14.9 Å². The molecule has 0 fully saturated rings. The van der Waals surface area contributed by atoms with Crippen LogP contribution >= 0.6 is 34.7 Å². The van der Waals surface area contributed by atoms with Gasteiger partial charge in [-0.05, 0) is 31.2 Å². The number of thioether (sulfide) groups is 1. The summed E-state index contributed by atoms with van der Waals surface area (Å²) in [5.74, 6) is 1.18. The Kier molecular flexibility index (Phi) is 5.88. The van der Waals surface area contributed by atoms with Crippen LogP contribution in [0.4, 0.5) is 0 Å². The van der Waals surface area contributed by atoms with Crippen molar-refractivity contribution in [2.45, 2.75) is 18.6 Å². The molecular weight excluding hydrogens is 378 g/mol. The fraction of sp³-hybridized carbons (Fsp3) is 0.294. The van der Waals surface area contributed by atoms with Crippen molar-refractivity contribution in [1.29, 1.82) is 0 Å². The number of hydrogen-bond donors (Lipinski definition) is 1. The number of rotatable bonds is 7. The van der Waals surface area contributed by atoms with Crippen molar-refractivity contribution in [3.05, 3.63) is 39.5 Å². The molecule has 1 N–H and O–H groups in total. The van der Waals surface area contributed by atoms with E-state index < -0.39 is 0 Å². The Bertz CT molecular complexity index is 878. The molecule has 5 nitrogen and oxygen atoms in total. The standard InChI is InChI=1S/C17H18ClN3O2S2/c1-3-23-11-4-6-13-14(8-11)20-17(19-13)24-10-16(22)21(2)9-12-5-7-15(18)25-12/h4-8H,3,9-10H2,1-2H3,(H,19,20). The van der Waals surface area contributed by atoms with E-state index in [-0.39, 0.29) is 5.91 Å². The third-order valence-corrected chi connectivity index (χ3v) is 5.60. The van der Waals surface area contributed by atoms with Gasteiger partial charge in [0.15, 0.2) is 5.16 Å². The Morgan fingerprint density at radius 3 is 2.96 bits per heavy atom. The largest absolute Gasteiger partial charge is 0.494 e. The molecule has 0 aliphatic heterocycles. The molecule has 25 heavy (non-hydrogen) atoms. The molecule has 0 saturated heterocycles. The minimum Gasteiger partial charge on any atom is -0.494 e. The van der Waals surface area contributed by atoms with Crippen LogP contribution in [-0.4, -0.2) is 40.2 Å². The molecule has 3 rings (SSSR count). The van der Waals surface area contributed by atoms with Gasteiger partial charge in [0.2, 0.25) is 5.91 Å². The number of amides is 1. The van der Waals surface area contributed by atoms with Crippen LogP contribution in [0.3, 0.4) is 0 Å². The van der Waals surface area contributed by atoms with Gasteiger partial charge in [-0.3, -0.25) is 4.79 Å². The van der Waals surface area contributed by atoms with Crippen molar-refractivity contribution in [2.75, 3.05) is 19.4 Å². The van der Waals surface area contributed by atoms with Crippen LogP contribution in [0.1, 0.15) is 11.8 Å². The molecule has 132 valence electrons. The molecular formula is C17H18ClN3O2S2. The number of nitrogens with zero attached hydrogens (tertiary/aromatic N) is 2. The average molecular weight is 396 g/mol. The zero-order valence-corrected chi connectivity index (χ0v) is 16.3. The van der Waals surface area contributed by atoms with Crippen LogP contribution < -0.4 is 4.74 Å². The second-order valence-electron chi connectivity index (χ2n) is 5.40. The zero-order chi connectivity index (χ0) is 17.8.